The van der Waals surface area contributed by atoms with Crippen molar-refractivity contribution < 1.29 is 15.0 Å². The van der Waals surface area contributed by atoms with Gasteiger partial charge in [0.2, 0.25) is 0 Å². The van der Waals surface area contributed by atoms with Crippen molar-refractivity contribution in [1.29, 1.82) is 0 Å². The Morgan fingerprint density at radius 3 is 2.52 bits per heavy atom. The lowest BCUT2D eigenvalue weighted by Gasteiger charge is -2.17. The number of carbonyl (C=O) groups excluding carboxylic acids is 1. The van der Waals surface area contributed by atoms with Crippen LogP contribution in [0.25, 0.3) is 0 Å². The van der Waals surface area contributed by atoms with E-state index in [-0.39, 0.29) is 11.3 Å². The Morgan fingerprint density at radius 1 is 1.14 bits per heavy atom. The number of rotatable bonds is 4. The molecule has 21 heavy (non-hydrogen) atoms. The largest absolute Gasteiger partial charge is 0.504 e. The Bertz CT molecular complexity index is 654. The molecule has 5 nitrogen and oxygen atoms in total. The summed E-state index contributed by atoms with van der Waals surface area (Å²) in [7, 11) is 0. The lowest BCUT2D eigenvalue weighted by Crippen LogP contribution is -2.25. The predicted octanol–water partition coefficient (Wildman–Crippen LogP) is 3.14. The Morgan fingerprint density at radius 2 is 1.86 bits per heavy atom. The van der Waals surface area contributed by atoms with Crippen LogP contribution in [0.2, 0.25) is 0 Å². The van der Waals surface area contributed by atoms with Crippen molar-refractivity contribution in [3.05, 3.63) is 54.1 Å². The Labute approximate surface area is 122 Å². The number of carbonyl (C=O) groups is 1. The van der Waals surface area contributed by atoms with Crippen LogP contribution in [0.3, 0.4) is 0 Å². The van der Waals surface area contributed by atoms with Crippen molar-refractivity contribution in [2.75, 3.05) is 5.01 Å². The molecular formula is C16H16N2O3. The molecule has 0 fully saturated rings. The molecule has 5 heteroatoms. The molecule has 0 aromatic heterocycles. The fourth-order valence-electron chi connectivity index (χ4n) is 1.79. The highest BCUT2D eigenvalue weighted by Crippen LogP contribution is 2.30. The third kappa shape index (κ3) is 3.20. The minimum absolute atomic E-state index is 0.00731. The standard InChI is InChI=1S/C16H16N2O3/c1-2-11-17-18(12-7-4-3-5-8-12)16(21)13-9-6-10-14(19)15(13)20/h3-11,19-20H,2H2,1H3. The summed E-state index contributed by atoms with van der Waals surface area (Å²) in [4.78, 5) is 12.6. The highest BCUT2D eigenvalue weighted by molar-refractivity contribution is 6.08. The third-order valence-electron chi connectivity index (χ3n) is 2.82. The van der Waals surface area contributed by atoms with Crippen LogP contribution >= 0.6 is 0 Å². The summed E-state index contributed by atoms with van der Waals surface area (Å²) in [5, 5.41) is 24.7. The molecule has 0 saturated heterocycles. The van der Waals surface area contributed by atoms with Crippen LogP contribution in [0, 0.1) is 0 Å². The van der Waals surface area contributed by atoms with E-state index in [9.17, 15) is 15.0 Å². The molecule has 2 N–H and O–H groups in total. The number of phenolic OH excluding ortho intramolecular Hbond substituents is 2. The predicted molar refractivity (Wildman–Crippen MR) is 81.8 cm³/mol. The molecule has 2 aromatic carbocycles. The van der Waals surface area contributed by atoms with Crippen molar-refractivity contribution in [1.82, 2.24) is 0 Å². The van der Waals surface area contributed by atoms with E-state index in [2.05, 4.69) is 5.10 Å². The molecule has 0 unspecified atom stereocenters. The van der Waals surface area contributed by atoms with Gasteiger partial charge in [-0.1, -0.05) is 31.2 Å². The highest BCUT2D eigenvalue weighted by Gasteiger charge is 2.21. The summed E-state index contributed by atoms with van der Waals surface area (Å²) < 4.78 is 0. The van der Waals surface area contributed by atoms with Gasteiger partial charge in [-0.15, -0.1) is 0 Å². The SMILES string of the molecule is CCC=NN(C(=O)c1cccc(O)c1O)c1ccccc1. The van der Waals surface area contributed by atoms with Crippen LogP contribution in [0.4, 0.5) is 5.69 Å². The molecular weight excluding hydrogens is 268 g/mol. The maximum atomic E-state index is 12.6. The number of aromatic hydroxyl groups is 2. The second-order valence-electron chi connectivity index (χ2n) is 4.33. The quantitative estimate of drug-likeness (QED) is 0.514. The molecule has 1 amide bonds. The zero-order chi connectivity index (χ0) is 15.2. The first kappa shape index (κ1) is 14.6. The van der Waals surface area contributed by atoms with Crippen LogP contribution in [0.15, 0.2) is 53.6 Å². The van der Waals surface area contributed by atoms with Gasteiger partial charge in [-0.3, -0.25) is 4.79 Å². The zero-order valence-corrected chi connectivity index (χ0v) is 11.6. The summed E-state index contributed by atoms with van der Waals surface area (Å²) in [5.74, 6) is -1.30. The van der Waals surface area contributed by atoms with Crippen molar-refractivity contribution in [3.8, 4) is 11.5 Å². The smallest absolute Gasteiger partial charge is 0.282 e. The minimum atomic E-state index is -0.515. The topological polar surface area (TPSA) is 73.1 Å². The zero-order valence-electron chi connectivity index (χ0n) is 11.6. The summed E-state index contributed by atoms with van der Waals surface area (Å²) in [6.45, 7) is 1.91. The van der Waals surface area contributed by atoms with Gasteiger partial charge in [0.1, 0.15) is 0 Å². The number of hydrogen-bond donors (Lipinski definition) is 2. The number of amides is 1. The maximum Gasteiger partial charge on any atom is 0.282 e. The number of phenols is 2. The average Bonchev–Trinajstić information content (AvgIpc) is 2.51. The first-order valence-electron chi connectivity index (χ1n) is 6.58. The molecule has 0 radical (unpaired) electrons. The first-order chi connectivity index (χ1) is 10.1. The third-order valence-corrected chi connectivity index (χ3v) is 2.82. The molecule has 2 rings (SSSR count). The summed E-state index contributed by atoms with van der Waals surface area (Å²) in [6, 6.07) is 13.1. The molecule has 108 valence electrons. The van der Waals surface area contributed by atoms with Gasteiger partial charge < -0.3 is 10.2 Å². The molecule has 0 saturated carbocycles. The number of anilines is 1. The van der Waals surface area contributed by atoms with Gasteiger partial charge in [0.05, 0.1) is 11.3 Å². The van der Waals surface area contributed by atoms with Crippen LogP contribution in [0.5, 0.6) is 11.5 Å². The van der Waals surface area contributed by atoms with E-state index >= 15 is 0 Å². The van der Waals surface area contributed by atoms with Crippen molar-refractivity contribution in [2.24, 2.45) is 5.10 Å². The van der Waals surface area contributed by atoms with Gasteiger partial charge in [-0.25, -0.2) is 0 Å². The van der Waals surface area contributed by atoms with E-state index in [0.717, 1.165) is 0 Å². The van der Waals surface area contributed by atoms with E-state index in [4.69, 9.17) is 0 Å². The van der Waals surface area contributed by atoms with E-state index in [1.807, 2.05) is 13.0 Å². The summed E-state index contributed by atoms with van der Waals surface area (Å²) in [6.07, 6.45) is 2.27. The van der Waals surface area contributed by atoms with Crippen LogP contribution in [-0.2, 0) is 0 Å². The highest BCUT2D eigenvalue weighted by atomic mass is 16.3. The van der Waals surface area contributed by atoms with Gasteiger partial charge in [-0.2, -0.15) is 10.1 Å². The van der Waals surface area contributed by atoms with Gasteiger partial charge in [0.25, 0.3) is 5.91 Å². The molecule has 0 heterocycles. The molecule has 0 aliphatic carbocycles. The van der Waals surface area contributed by atoms with Gasteiger partial charge in [0, 0.05) is 6.21 Å². The minimum Gasteiger partial charge on any atom is -0.504 e. The van der Waals surface area contributed by atoms with Gasteiger partial charge in [-0.05, 0) is 30.7 Å². The van der Waals surface area contributed by atoms with E-state index < -0.39 is 11.7 Å². The van der Waals surface area contributed by atoms with Gasteiger partial charge >= 0.3 is 0 Å². The van der Waals surface area contributed by atoms with Gasteiger partial charge in [0.15, 0.2) is 11.5 Å². The monoisotopic (exact) mass is 284 g/mol. The molecule has 0 aliphatic heterocycles. The van der Waals surface area contributed by atoms with E-state index in [1.54, 1.807) is 30.5 Å². The first-order valence-corrected chi connectivity index (χ1v) is 6.58. The van der Waals surface area contributed by atoms with Crippen molar-refractivity contribution in [3.63, 3.8) is 0 Å². The average molecular weight is 284 g/mol. The Hall–Kier alpha value is -2.82. The Kier molecular flexibility index (Phi) is 4.56. The fourth-order valence-corrected chi connectivity index (χ4v) is 1.79. The lowest BCUT2D eigenvalue weighted by atomic mass is 10.1. The maximum absolute atomic E-state index is 12.6. The summed E-state index contributed by atoms with van der Waals surface area (Å²) in [5.41, 5.74) is 0.571. The number of nitrogens with zero attached hydrogens (tertiary/aromatic N) is 2. The van der Waals surface area contributed by atoms with Crippen molar-refractivity contribution in [2.45, 2.75) is 13.3 Å². The molecule has 0 bridgehead atoms. The fraction of sp³-hybridized carbons (Fsp3) is 0.125. The Balaban J connectivity index is 2.44. The van der Waals surface area contributed by atoms with E-state index in [0.29, 0.717) is 12.1 Å². The second-order valence-corrected chi connectivity index (χ2v) is 4.33. The molecule has 0 aliphatic rings. The second kappa shape index (κ2) is 6.56. The number of hydrogen-bond acceptors (Lipinski definition) is 4. The van der Waals surface area contributed by atoms with Crippen molar-refractivity contribution >= 4 is 17.8 Å². The van der Waals surface area contributed by atoms with Crippen LogP contribution in [0.1, 0.15) is 23.7 Å². The normalized spacial score (nSPS) is 10.7. The number of para-hydroxylation sites is 2. The van der Waals surface area contributed by atoms with Crippen LogP contribution < -0.4 is 5.01 Å². The molecule has 2 aromatic rings. The molecule has 0 spiro atoms. The van der Waals surface area contributed by atoms with Crippen LogP contribution in [-0.4, -0.2) is 22.3 Å². The van der Waals surface area contributed by atoms with E-state index in [1.165, 1.54) is 23.2 Å². The summed E-state index contributed by atoms with van der Waals surface area (Å²) >= 11 is 0. The number of benzene rings is 2. The number of hydrazone groups is 1. The lowest BCUT2D eigenvalue weighted by molar-refractivity contribution is 0.0984. The molecule has 0 atom stereocenters.